The first-order valence-corrected chi connectivity index (χ1v) is 10.1. The van der Waals surface area contributed by atoms with Crippen molar-refractivity contribution in [1.82, 2.24) is 0 Å². The molecule has 1 aromatic carbocycles. The van der Waals surface area contributed by atoms with Gasteiger partial charge in [0.2, 0.25) is 0 Å². The highest BCUT2D eigenvalue weighted by Gasteiger charge is 2.01. The highest BCUT2D eigenvalue weighted by Crippen LogP contribution is 2.16. The van der Waals surface area contributed by atoms with Gasteiger partial charge in [0, 0.05) is 5.33 Å². The minimum atomic E-state index is 1.07. The van der Waals surface area contributed by atoms with E-state index in [9.17, 15) is 0 Å². The summed E-state index contributed by atoms with van der Waals surface area (Å²) in [6.07, 6.45) is 16.6. The maximum absolute atomic E-state index is 3.55. The van der Waals surface area contributed by atoms with Gasteiger partial charge in [-0.05, 0) is 30.4 Å². The van der Waals surface area contributed by atoms with Crippen molar-refractivity contribution in [3.8, 4) is 0 Å². The lowest BCUT2D eigenvalue weighted by Gasteiger charge is -2.08. The number of hydrogen-bond acceptors (Lipinski definition) is 0. The second kappa shape index (κ2) is 13.4. The Hall–Kier alpha value is -0.300. The molecule has 0 fully saturated rings. The second-order valence-electron chi connectivity index (χ2n) is 6.14. The van der Waals surface area contributed by atoms with E-state index in [0.717, 1.165) is 11.8 Å². The van der Waals surface area contributed by atoms with Crippen molar-refractivity contribution in [1.29, 1.82) is 0 Å². The average Bonchev–Trinajstić information content (AvgIpc) is 2.51. The summed E-state index contributed by atoms with van der Waals surface area (Å²) < 4.78 is 0. The van der Waals surface area contributed by atoms with Gasteiger partial charge >= 0.3 is 0 Å². The van der Waals surface area contributed by atoms with Gasteiger partial charge in [0.1, 0.15) is 0 Å². The molecule has 0 aromatic heterocycles. The van der Waals surface area contributed by atoms with Gasteiger partial charge in [-0.1, -0.05) is 105 Å². The maximum Gasteiger partial charge on any atom is 0.00719 e. The predicted octanol–water partition coefficient (Wildman–Crippen LogP) is 7.09. The molecule has 0 radical (unpaired) electrons. The SMILES string of the molecule is CCCCCCCCCCCCc1ccccc1CCBr. The summed E-state index contributed by atoms with van der Waals surface area (Å²) in [6, 6.07) is 8.95. The van der Waals surface area contributed by atoms with Gasteiger partial charge in [0.15, 0.2) is 0 Å². The molecule has 0 aliphatic rings. The quantitative estimate of drug-likeness (QED) is 0.262. The van der Waals surface area contributed by atoms with E-state index in [2.05, 4.69) is 47.1 Å². The molecule has 0 amide bonds. The molecule has 0 aliphatic carbocycles. The molecule has 0 spiro atoms. The fraction of sp³-hybridized carbons (Fsp3) is 0.700. The fourth-order valence-electron chi connectivity index (χ4n) is 2.95. The van der Waals surface area contributed by atoms with E-state index in [1.165, 1.54) is 76.2 Å². The largest absolute Gasteiger partial charge is 0.0924 e. The zero-order valence-electron chi connectivity index (χ0n) is 13.9. The summed E-state index contributed by atoms with van der Waals surface area (Å²) in [7, 11) is 0. The van der Waals surface area contributed by atoms with Crippen molar-refractivity contribution in [3.63, 3.8) is 0 Å². The van der Waals surface area contributed by atoms with Gasteiger partial charge in [-0.25, -0.2) is 0 Å². The lowest BCUT2D eigenvalue weighted by Crippen LogP contribution is -1.95. The molecular formula is C20H33Br. The first-order chi connectivity index (χ1) is 10.4. The molecule has 21 heavy (non-hydrogen) atoms. The van der Waals surface area contributed by atoms with E-state index in [1.54, 1.807) is 5.56 Å². The van der Waals surface area contributed by atoms with Gasteiger partial charge in [-0.3, -0.25) is 0 Å². The standard InChI is InChI=1S/C20H33Br/c1-2-3-4-5-6-7-8-9-10-11-14-19-15-12-13-16-20(19)17-18-21/h12-13,15-16H,2-11,14,17-18H2,1H3. The van der Waals surface area contributed by atoms with Crippen LogP contribution in [0.5, 0.6) is 0 Å². The summed E-state index contributed by atoms with van der Waals surface area (Å²) in [4.78, 5) is 0. The Morgan fingerprint density at radius 3 is 1.67 bits per heavy atom. The zero-order chi connectivity index (χ0) is 15.2. The Labute approximate surface area is 140 Å². The summed E-state index contributed by atoms with van der Waals surface area (Å²) in [5.41, 5.74) is 3.10. The molecule has 0 aliphatic heterocycles. The van der Waals surface area contributed by atoms with E-state index < -0.39 is 0 Å². The summed E-state index contributed by atoms with van der Waals surface area (Å²) in [6.45, 7) is 2.29. The summed E-state index contributed by atoms with van der Waals surface area (Å²) in [5, 5.41) is 1.07. The lowest BCUT2D eigenvalue weighted by atomic mass is 9.99. The molecule has 0 saturated heterocycles. The number of benzene rings is 1. The van der Waals surface area contributed by atoms with Crippen LogP contribution in [0.1, 0.15) is 82.3 Å². The third-order valence-electron chi connectivity index (χ3n) is 4.28. The summed E-state index contributed by atoms with van der Waals surface area (Å²) >= 11 is 3.55. The maximum atomic E-state index is 3.55. The number of halogens is 1. The van der Waals surface area contributed by atoms with Crippen LogP contribution in [0.4, 0.5) is 0 Å². The first kappa shape index (κ1) is 18.7. The molecule has 0 saturated carbocycles. The third kappa shape index (κ3) is 9.34. The number of alkyl halides is 1. The van der Waals surface area contributed by atoms with Crippen molar-refractivity contribution in [2.45, 2.75) is 84.0 Å². The Kier molecular flexibility index (Phi) is 11.9. The minimum Gasteiger partial charge on any atom is -0.0924 e. The monoisotopic (exact) mass is 352 g/mol. The molecule has 0 N–H and O–H groups in total. The van der Waals surface area contributed by atoms with Crippen LogP contribution in [-0.2, 0) is 12.8 Å². The van der Waals surface area contributed by atoms with Crippen LogP contribution < -0.4 is 0 Å². The van der Waals surface area contributed by atoms with E-state index in [4.69, 9.17) is 0 Å². The molecule has 0 atom stereocenters. The molecule has 0 unspecified atom stereocenters. The average molecular weight is 353 g/mol. The van der Waals surface area contributed by atoms with Crippen LogP contribution in [0, 0.1) is 0 Å². The van der Waals surface area contributed by atoms with Gasteiger partial charge in [0.05, 0.1) is 0 Å². The molecule has 0 nitrogen and oxygen atoms in total. The highest BCUT2D eigenvalue weighted by molar-refractivity contribution is 9.09. The van der Waals surface area contributed by atoms with Crippen LogP contribution in [-0.4, -0.2) is 5.33 Å². The number of unbranched alkanes of at least 4 members (excludes halogenated alkanes) is 9. The normalized spacial score (nSPS) is 11.0. The topological polar surface area (TPSA) is 0 Å². The Balaban J connectivity index is 2.01. The Morgan fingerprint density at radius 2 is 1.14 bits per heavy atom. The lowest BCUT2D eigenvalue weighted by molar-refractivity contribution is 0.556. The van der Waals surface area contributed by atoms with Crippen molar-refractivity contribution in [3.05, 3.63) is 35.4 Å². The zero-order valence-corrected chi connectivity index (χ0v) is 15.5. The van der Waals surface area contributed by atoms with Crippen LogP contribution in [0.25, 0.3) is 0 Å². The Morgan fingerprint density at radius 1 is 0.667 bits per heavy atom. The van der Waals surface area contributed by atoms with Crippen molar-refractivity contribution >= 4 is 15.9 Å². The minimum absolute atomic E-state index is 1.07. The first-order valence-electron chi connectivity index (χ1n) is 9.01. The molecule has 1 rings (SSSR count). The van der Waals surface area contributed by atoms with Crippen LogP contribution in [0.3, 0.4) is 0 Å². The molecule has 1 aromatic rings. The third-order valence-corrected chi connectivity index (χ3v) is 4.68. The van der Waals surface area contributed by atoms with Gasteiger partial charge in [0.25, 0.3) is 0 Å². The molecule has 0 heterocycles. The molecule has 0 bridgehead atoms. The van der Waals surface area contributed by atoms with Crippen LogP contribution in [0.15, 0.2) is 24.3 Å². The van der Waals surface area contributed by atoms with Crippen LogP contribution in [0.2, 0.25) is 0 Å². The molecule has 1 heteroatoms. The highest BCUT2D eigenvalue weighted by atomic mass is 79.9. The fourth-order valence-corrected chi connectivity index (χ4v) is 3.38. The van der Waals surface area contributed by atoms with E-state index >= 15 is 0 Å². The molecular weight excluding hydrogens is 320 g/mol. The predicted molar refractivity (Wildman–Crippen MR) is 99.5 cm³/mol. The van der Waals surface area contributed by atoms with Crippen molar-refractivity contribution < 1.29 is 0 Å². The van der Waals surface area contributed by atoms with Gasteiger partial charge < -0.3 is 0 Å². The van der Waals surface area contributed by atoms with E-state index in [-0.39, 0.29) is 0 Å². The smallest absolute Gasteiger partial charge is 0.00719 e. The second-order valence-corrected chi connectivity index (χ2v) is 6.93. The van der Waals surface area contributed by atoms with Gasteiger partial charge in [-0.2, -0.15) is 0 Å². The van der Waals surface area contributed by atoms with E-state index in [1.807, 2.05) is 0 Å². The van der Waals surface area contributed by atoms with E-state index in [0.29, 0.717) is 0 Å². The van der Waals surface area contributed by atoms with Gasteiger partial charge in [-0.15, -0.1) is 0 Å². The number of rotatable bonds is 13. The molecule has 120 valence electrons. The van der Waals surface area contributed by atoms with Crippen molar-refractivity contribution in [2.75, 3.05) is 5.33 Å². The summed E-state index contributed by atoms with van der Waals surface area (Å²) in [5.74, 6) is 0. The number of hydrogen-bond donors (Lipinski definition) is 0. The van der Waals surface area contributed by atoms with Crippen LogP contribution >= 0.6 is 15.9 Å². The van der Waals surface area contributed by atoms with Crippen molar-refractivity contribution in [2.24, 2.45) is 0 Å². The Bertz CT molecular complexity index is 345. The number of aryl methyl sites for hydroxylation is 2.